The van der Waals surface area contributed by atoms with Gasteiger partial charge in [0.15, 0.2) is 0 Å². The average molecular weight is 613 g/mol. The van der Waals surface area contributed by atoms with Gasteiger partial charge in [-0.2, -0.15) is 0 Å². The zero-order chi connectivity index (χ0) is 31.9. The van der Waals surface area contributed by atoms with Crippen molar-refractivity contribution in [2.24, 2.45) is 0 Å². The molecule has 0 atom stereocenters. The maximum Gasteiger partial charge on any atom is 0.343 e. The lowest BCUT2D eigenvalue weighted by Crippen LogP contribution is -2.12. The van der Waals surface area contributed by atoms with Crippen molar-refractivity contribution in [1.82, 2.24) is 30.0 Å². The number of phenolic OH excluding ortho intramolecular Hbond substituents is 2. The van der Waals surface area contributed by atoms with Crippen molar-refractivity contribution >= 4 is 34.0 Å². The number of hydrogen-bond donors (Lipinski definition) is 2. The van der Waals surface area contributed by atoms with E-state index in [0.29, 0.717) is 44.6 Å². The molecule has 0 radical (unpaired) electrons. The van der Waals surface area contributed by atoms with Crippen molar-refractivity contribution in [1.29, 1.82) is 0 Å². The summed E-state index contributed by atoms with van der Waals surface area (Å²) in [4.78, 5) is 28.5. The van der Waals surface area contributed by atoms with Crippen molar-refractivity contribution in [2.75, 3.05) is 0 Å². The number of fused-ring (bicyclic) bond motifs is 2. The molecule has 12 heteroatoms. The molecule has 0 bridgehead atoms. The smallest absolute Gasteiger partial charge is 0.343 e. The molecular weight excluding hydrogens is 588 g/mol. The van der Waals surface area contributed by atoms with Gasteiger partial charge in [0.05, 0.1) is 11.1 Å². The number of aromatic hydroxyl groups is 2. The third kappa shape index (κ3) is 5.24. The Hall–Kier alpha value is -6.56. The topological polar surface area (TPSA) is 154 Å². The van der Waals surface area contributed by atoms with Crippen LogP contribution in [0, 0.1) is 13.8 Å². The van der Waals surface area contributed by atoms with Crippen molar-refractivity contribution in [2.45, 2.75) is 13.8 Å². The van der Waals surface area contributed by atoms with Gasteiger partial charge in [-0.1, -0.05) is 24.3 Å². The molecule has 2 heterocycles. The van der Waals surface area contributed by atoms with Crippen molar-refractivity contribution in [3.8, 4) is 34.4 Å². The Morgan fingerprint density at radius 2 is 0.870 bits per heavy atom. The van der Waals surface area contributed by atoms with Crippen LogP contribution in [0.25, 0.3) is 33.4 Å². The molecule has 0 aliphatic carbocycles. The number of aryl methyl sites for hydroxylation is 2. The highest BCUT2D eigenvalue weighted by molar-refractivity contribution is 5.95. The molecule has 7 aromatic rings. The van der Waals surface area contributed by atoms with Gasteiger partial charge in [-0.15, -0.1) is 30.0 Å². The van der Waals surface area contributed by atoms with E-state index in [9.17, 15) is 19.8 Å². The number of carbonyl (C=O) groups is 2. The molecule has 0 amide bonds. The molecule has 0 saturated heterocycles. The largest absolute Gasteiger partial charge is 0.505 e. The van der Waals surface area contributed by atoms with E-state index < -0.39 is 11.9 Å². The minimum absolute atomic E-state index is 0.156. The van der Waals surface area contributed by atoms with Gasteiger partial charge in [0, 0.05) is 12.1 Å². The average Bonchev–Trinajstić information content (AvgIpc) is 3.69. The Bertz CT molecular complexity index is 2080. The molecule has 0 aliphatic heterocycles. The molecular formula is C34H24N6O6. The van der Waals surface area contributed by atoms with E-state index in [0.717, 1.165) is 0 Å². The van der Waals surface area contributed by atoms with E-state index >= 15 is 0 Å². The summed E-state index contributed by atoms with van der Waals surface area (Å²) in [6.45, 7) is 3.46. The van der Waals surface area contributed by atoms with Crippen LogP contribution >= 0.6 is 0 Å². The summed E-state index contributed by atoms with van der Waals surface area (Å²) in [6.07, 6.45) is 0. The molecule has 0 unspecified atom stereocenters. The molecule has 0 saturated carbocycles. The Morgan fingerprint density at radius 3 is 1.20 bits per heavy atom. The van der Waals surface area contributed by atoms with E-state index in [1.54, 1.807) is 26.0 Å². The lowest BCUT2D eigenvalue weighted by molar-refractivity contribution is 0.0719. The van der Waals surface area contributed by atoms with Crippen LogP contribution in [-0.4, -0.2) is 52.1 Å². The molecule has 5 aromatic carbocycles. The lowest BCUT2D eigenvalue weighted by atomic mass is 10.1. The summed E-state index contributed by atoms with van der Waals surface area (Å²) < 4.78 is 11.1. The number of nitrogens with zero attached hydrogens (tertiary/aromatic N) is 6. The van der Waals surface area contributed by atoms with Crippen LogP contribution in [0.1, 0.15) is 31.8 Å². The van der Waals surface area contributed by atoms with Crippen molar-refractivity contribution in [3.05, 3.63) is 119 Å². The fraction of sp³-hybridized carbons (Fsp3) is 0.0588. The van der Waals surface area contributed by atoms with Gasteiger partial charge >= 0.3 is 11.9 Å². The van der Waals surface area contributed by atoms with Gasteiger partial charge in [0.25, 0.3) is 0 Å². The summed E-state index contributed by atoms with van der Waals surface area (Å²) in [7, 11) is 0. The molecule has 0 aliphatic rings. The second kappa shape index (κ2) is 11.2. The molecule has 0 fully saturated rings. The molecule has 0 spiro atoms. The number of hydrogen-bond acceptors (Lipinski definition) is 10. The highest BCUT2D eigenvalue weighted by Crippen LogP contribution is 2.32. The molecule has 226 valence electrons. The Kier molecular flexibility index (Phi) is 6.86. The Labute approximate surface area is 260 Å². The molecule has 46 heavy (non-hydrogen) atoms. The number of ether oxygens (including phenoxy) is 2. The molecule has 7 rings (SSSR count). The number of benzene rings is 5. The van der Waals surface area contributed by atoms with Crippen molar-refractivity contribution in [3.63, 3.8) is 0 Å². The maximum atomic E-state index is 12.9. The third-order valence-corrected chi connectivity index (χ3v) is 7.31. The normalized spacial score (nSPS) is 11.2. The van der Waals surface area contributed by atoms with Crippen LogP contribution in [0.15, 0.2) is 97.1 Å². The predicted molar refractivity (Wildman–Crippen MR) is 167 cm³/mol. The van der Waals surface area contributed by atoms with Gasteiger partial charge in [-0.05, 0) is 85.6 Å². The summed E-state index contributed by atoms with van der Waals surface area (Å²) >= 11 is 0. The lowest BCUT2D eigenvalue weighted by Gasteiger charge is -2.12. The van der Waals surface area contributed by atoms with E-state index in [-0.39, 0.29) is 34.1 Å². The van der Waals surface area contributed by atoms with E-state index in [1.807, 2.05) is 48.5 Å². The molecule has 2 N–H and O–H groups in total. The Morgan fingerprint density at radius 1 is 0.543 bits per heavy atom. The zero-order valence-corrected chi connectivity index (χ0v) is 24.4. The summed E-state index contributed by atoms with van der Waals surface area (Å²) in [5.41, 5.74) is 4.86. The van der Waals surface area contributed by atoms with Crippen LogP contribution in [0.3, 0.4) is 0 Å². The minimum Gasteiger partial charge on any atom is -0.505 e. The zero-order valence-electron chi connectivity index (χ0n) is 24.4. The summed E-state index contributed by atoms with van der Waals surface area (Å²) in [5.74, 6) is -1.40. The van der Waals surface area contributed by atoms with E-state index in [2.05, 4.69) is 20.4 Å². The number of rotatable bonds is 6. The van der Waals surface area contributed by atoms with Crippen LogP contribution in [0.2, 0.25) is 0 Å². The first-order valence-corrected chi connectivity index (χ1v) is 14.1. The van der Waals surface area contributed by atoms with Crippen LogP contribution in [0.4, 0.5) is 0 Å². The minimum atomic E-state index is -0.686. The molecule has 2 aromatic heterocycles. The van der Waals surface area contributed by atoms with Gasteiger partial charge in [0.2, 0.25) is 0 Å². The first kappa shape index (κ1) is 28.2. The summed E-state index contributed by atoms with van der Waals surface area (Å²) in [6, 6.07) is 26.3. The monoisotopic (exact) mass is 612 g/mol. The highest BCUT2D eigenvalue weighted by Gasteiger charge is 2.19. The Balaban J connectivity index is 1.04. The van der Waals surface area contributed by atoms with Gasteiger partial charge in [-0.25, -0.2) is 9.59 Å². The van der Waals surface area contributed by atoms with E-state index in [1.165, 1.54) is 46.0 Å². The summed E-state index contributed by atoms with van der Waals surface area (Å²) in [5, 5.41) is 38.9. The fourth-order valence-electron chi connectivity index (χ4n) is 4.86. The first-order chi connectivity index (χ1) is 22.2. The standard InChI is InChI=1S/C34H24N6O6/c1-19-15-27(39-35-23-7-3-4-8-24(23)36-39)29(41)17-31(19)45-33(43)21-11-13-22(14-12-21)34(44)46-32-18-30(42)28(16-20(32)2)40-37-25-9-5-6-10-26(25)38-40/h3-18,41-42H,1-2H3. The van der Waals surface area contributed by atoms with Crippen LogP contribution < -0.4 is 9.47 Å². The predicted octanol–water partition coefficient (Wildman–Crippen LogP) is 5.62. The third-order valence-electron chi connectivity index (χ3n) is 7.31. The van der Waals surface area contributed by atoms with E-state index in [4.69, 9.17) is 9.47 Å². The maximum absolute atomic E-state index is 12.9. The first-order valence-electron chi connectivity index (χ1n) is 14.1. The van der Waals surface area contributed by atoms with Crippen LogP contribution in [-0.2, 0) is 0 Å². The van der Waals surface area contributed by atoms with Gasteiger partial charge in [-0.3, -0.25) is 0 Å². The highest BCUT2D eigenvalue weighted by atomic mass is 16.5. The quantitative estimate of drug-likeness (QED) is 0.179. The van der Waals surface area contributed by atoms with Crippen molar-refractivity contribution < 1.29 is 29.3 Å². The van der Waals surface area contributed by atoms with Crippen LogP contribution in [0.5, 0.6) is 23.0 Å². The number of esters is 2. The number of carbonyl (C=O) groups excluding carboxylic acids is 2. The van der Waals surface area contributed by atoms with Gasteiger partial charge < -0.3 is 19.7 Å². The number of aromatic nitrogens is 6. The second-order valence-corrected chi connectivity index (χ2v) is 10.5. The number of phenols is 2. The SMILES string of the molecule is Cc1cc(-n2nc3ccccc3n2)c(O)cc1OC(=O)c1ccc(C(=O)Oc2cc(O)c(-n3nc4ccccc4n3)cc2C)cc1. The van der Waals surface area contributed by atoms with Gasteiger partial charge in [0.1, 0.15) is 56.4 Å². The molecule has 12 nitrogen and oxygen atoms in total. The fourth-order valence-corrected chi connectivity index (χ4v) is 4.86. The second-order valence-electron chi connectivity index (χ2n) is 10.5.